The monoisotopic (exact) mass is 334 g/mol. The number of ether oxygens (including phenoxy) is 1. The molecule has 0 radical (unpaired) electrons. The van der Waals surface area contributed by atoms with Gasteiger partial charge >= 0.3 is 0 Å². The van der Waals surface area contributed by atoms with E-state index in [2.05, 4.69) is 0 Å². The number of sulfone groups is 1. The average Bonchev–Trinajstić information content (AvgIpc) is 2.85. The number of nitrogens with two attached hydrogens (primary N) is 1. The molecule has 23 heavy (non-hydrogen) atoms. The quantitative estimate of drug-likeness (QED) is 0.884. The third kappa shape index (κ3) is 2.50. The number of methoxy groups -OCH3 is 1. The van der Waals surface area contributed by atoms with Crippen molar-refractivity contribution < 1.29 is 17.9 Å². The molecule has 2 heterocycles. The van der Waals surface area contributed by atoms with Crippen molar-refractivity contribution in [1.29, 1.82) is 0 Å². The van der Waals surface area contributed by atoms with E-state index in [1.165, 1.54) is 23.8 Å². The van der Waals surface area contributed by atoms with Crippen molar-refractivity contribution in [3.8, 4) is 5.75 Å². The van der Waals surface area contributed by atoms with Crippen LogP contribution in [0.15, 0.2) is 40.5 Å². The van der Waals surface area contributed by atoms with Crippen molar-refractivity contribution in [1.82, 2.24) is 4.57 Å². The molecule has 8 heteroatoms. The zero-order chi connectivity index (χ0) is 16.8. The van der Waals surface area contributed by atoms with E-state index in [4.69, 9.17) is 10.5 Å². The molecule has 120 valence electrons. The zero-order valence-electron chi connectivity index (χ0n) is 12.2. The van der Waals surface area contributed by atoms with Crippen molar-refractivity contribution in [3.05, 3.63) is 51.7 Å². The van der Waals surface area contributed by atoms with Gasteiger partial charge in [0.2, 0.25) is 0 Å². The molecule has 0 saturated heterocycles. The van der Waals surface area contributed by atoms with Gasteiger partial charge in [-0.3, -0.25) is 14.2 Å². The van der Waals surface area contributed by atoms with Crippen LogP contribution in [0.25, 0.3) is 10.9 Å². The van der Waals surface area contributed by atoms with Gasteiger partial charge in [-0.15, -0.1) is 0 Å². The number of primary amides is 1. The first-order valence-corrected chi connectivity index (χ1v) is 8.48. The number of amides is 1. The van der Waals surface area contributed by atoms with E-state index < -0.39 is 27.3 Å². The summed E-state index contributed by atoms with van der Waals surface area (Å²) < 4.78 is 29.9. The Morgan fingerprint density at radius 2 is 2.13 bits per heavy atom. The van der Waals surface area contributed by atoms with Crippen LogP contribution in [0, 0.1) is 0 Å². The van der Waals surface area contributed by atoms with E-state index >= 15 is 0 Å². The molecule has 3 rings (SSSR count). The predicted molar refractivity (Wildman–Crippen MR) is 85.2 cm³/mol. The largest absolute Gasteiger partial charge is 0.496 e. The second-order valence-corrected chi connectivity index (χ2v) is 7.15. The molecular formula is C15H14N2O5S. The number of carbonyl (C=O) groups is 1. The minimum absolute atomic E-state index is 0.209. The summed E-state index contributed by atoms with van der Waals surface area (Å²) in [6.07, 6.45) is 1.43. The average molecular weight is 334 g/mol. The van der Waals surface area contributed by atoms with Gasteiger partial charge in [-0.2, -0.15) is 0 Å². The minimum atomic E-state index is -3.37. The summed E-state index contributed by atoms with van der Waals surface area (Å²) in [5, 5.41) is 1.59. The van der Waals surface area contributed by atoms with E-state index in [1.54, 1.807) is 18.2 Å². The summed E-state index contributed by atoms with van der Waals surface area (Å²) in [6.45, 7) is 0. The highest BCUT2D eigenvalue weighted by molar-refractivity contribution is 7.94. The van der Waals surface area contributed by atoms with Crippen molar-refractivity contribution in [3.63, 3.8) is 0 Å². The van der Waals surface area contributed by atoms with Gasteiger partial charge in [0.05, 0.1) is 24.4 Å². The van der Waals surface area contributed by atoms with Gasteiger partial charge in [0.1, 0.15) is 11.3 Å². The molecule has 0 spiro atoms. The summed E-state index contributed by atoms with van der Waals surface area (Å²) in [6, 6.07) is 5.73. The lowest BCUT2D eigenvalue weighted by Gasteiger charge is -2.17. The van der Waals surface area contributed by atoms with Crippen molar-refractivity contribution in [2.24, 2.45) is 5.73 Å². The van der Waals surface area contributed by atoms with Crippen molar-refractivity contribution >= 4 is 26.6 Å². The SMILES string of the molecule is COc1cccc2c1cc(C(N)=O)c(=O)n2[C@@H]1C=CS(=O)(=O)C1. The number of benzene rings is 1. The number of carbonyl (C=O) groups excluding carboxylic acids is 1. The first-order valence-electron chi connectivity index (χ1n) is 6.77. The maximum atomic E-state index is 12.6. The summed E-state index contributed by atoms with van der Waals surface area (Å²) in [5.41, 5.74) is 4.94. The maximum Gasteiger partial charge on any atom is 0.264 e. The second-order valence-electron chi connectivity index (χ2n) is 5.22. The summed E-state index contributed by atoms with van der Waals surface area (Å²) in [4.78, 5) is 24.2. The molecule has 0 unspecified atom stereocenters. The van der Waals surface area contributed by atoms with Crippen molar-refractivity contribution in [2.45, 2.75) is 6.04 Å². The number of pyridine rings is 1. The number of fused-ring (bicyclic) bond motifs is 1. The van der Waals surface area contributed by atoms with E-state index in [-0.39, 0.29) is 11.3 Å². The third-order valence-corrected chi connectivity index (χ3v) is 5.15. The fourth-order valence-electron chi connectivity index (χ4n) is 2.74. The molecule has 0 saturated carbocycles. The lowest BCUT2D eigenvalue weighted by molar-refractivity contribution is 0.0998. The number of rotatable bonds is 3. The second kappa shape index (κ2) is 5.24. The van der Waals surface area contributed by atoms with Crippen LogP contribution < -0.4 is 16.0 Å². The number of aromatic nitrogens is 1. The van der Waals surface area contributed by atoms with E-state index in [9.17, 15) is 18.0 Å². The molecular weight excluding hydrogens is 320 g/mol. The Bertz CT molecular complexity index is 1000. The van der Waals surface area contributed by atoms with Gasteiger partial charge in [-0.05, 0) is 24.3 Å². The standard InChI is InChI=1S/C15H14N2O5S/c1-22-13-4-2-3-12-10(13)7-11(14(16)18)15(19)17(12)9-5-6-23(20,21)8-9/h2-7,9H,8H2,1H3,(H2,16,18)/t9-/m1/s1. The Kier molecular flexibility index (Phi) is 3.48. The van der Waals surface area contributed by atoms with Crippen LogP contribution in [-0.4, -0.2) is 31.8 Å². The minimum Gasteiger partial charge on any atom is -0.496 e. The fraction of sp³-hybridized carbons (Fsp3) is 0.200. The molecule has 0 aliphatic carbocycles. The Labute approximate surface area is 131 Å². The molecule has 1 amide bonds. The lowest BCUT2D eigenvalue weighted by atomic mass is 10.1. The highest BCUT2D eigenvalue weighted by Crippen LogP contribution is 2.29. The Morgan fingerprint density at radius 1 is 1.39 bits per heavy atom. The first-order chi connectivity index (χ1) is 10.8. The molecule has 2 aromatic rings. The summed E-state index contributed by atoms with van der Waals surface area (Å²) in [7, 11) is -1.90. The van der Waals surface area contributed by atoms with E-state index in [1.807, 2.05) is 0 Å². The zero-order valence-corrected chi connectivity index (χ0v) is 13.0. The van der Waals surface area contributed by atoms with Gasteiger partial charge in [-0.1, -0.05) is 6.07 Å². The van der Waals surface area contributed by atoms with Crippen molar-refractivity contribution in [2.75, 3.05) is 12.9 Å². The molecule has 7 nitrogen and oxygen atoms in total. The van der Waals surface area contributed by atoms with Gasteiger partial charge < -0.3 is 10.5 Å². The Morgan fingerprint density at radius 3 is 2.70 bits per heavy atom. The van der Waals surface area contributed by atoms with Crippen LogP contribution in [0.5, 0.6) is 5.75 Å². The van der Waals surface area contributed by atoms with Crippen LogP contribution in [0.2, 0.25) is 0 Å². The van der Waals surface area contributed by atoms with Crippen LogP contribution >= 0.6 is 0 Å². The number of nitrogens with zero attached hydrogens (tertiary/aromatic N) is 1. The number of hydrogen-bond donors (Lipinski definition) is 1. The van der Waals surface area contributed by atoms with Gasteiger partial charge in [-0.25, -0.2) is 8.42 Å². The smallest absolute Gasteiger partial charge is 0.264 e. The molecule has 1 atom stereocenters. The van der Waals surface area contributed by atoms with Crippen LogP contribution in [0.3, 0.4) is 0 Å². The molecule has 1 aliphatic rings. The topological polar surface area (TPSA) is 108 Å². The van der Waals surface area contributed by atoms with Gasteiger partial charge in [0.25, 0.3) is 11.5 Å². The lowest BCUT2D eigenvalue weighted by Crippen LogP contribution is -2.32. The summed E-state index contributed by atoms with van der Waals surface area (Å²) >= 11 is 0. The fourth-order valence-corrected chi connectivity index (χ4v) is 4.00. The Hall–Kier alpha value is -2.61. The molecule has 1 aromatic carbocycles. The third-order valence-electron chi connectivity index (χ3n) is 3.77. The number of hydrogen-bond acceptors (Lipinski definition) is 5. The first kappa shape index (κ1) is 15.3. The molecule has 0 bridgehead atoms. The molecule has 0 fully saturated rings. The molecule has 1 aromatic heterocycles. The summed E-state index contributed by atoms with van der Waals surface area (Å²) in [5.74, 6) is -0.647. The van der Waals surface area contributed by atoms with E-state index in [0.29, 0.717) is 16.7 Å². The molecule has 2 N–H and O–H groups in total. The maximum absolute atomic E-state index is 12.6. The van der Waals surface area contributed by atoms with E-state index in [0.717, 1.165) is 5.41 Å². The Balaban J connectivity index is 2.40. The van der Waals surface area contributed by atoms with Gasteiger partial charge in [0.15, 0.2) is 9.84 Å². The van der Waals surface area contributed by atoms with Crippen LogP contribution in [0.4, 0.5) is 0 Å². The highest BCUT2D eigenvalue weighted by Gasteiger charge is 2.27. The van der Waals surface area contributed by atoms with Gasteiger partial charge in [0, 0.05) is 10.8 Å². The van der Waals surface area contributed by atoms with Crippen LogP contribution in [-0.2, 0) is 9.84 Å². The normalized spacial score (nSPS) is 19.1. The van der Waals surface area contributed by atoms with Crippen LogP contribution in [0.1, 0.15) is 16.4 Å². The highest BCUT2D eigenvalue weighted by atomic mass is 32.2. The predicted octanol–water partition coefficient (Wildman–Crippen LogP) is 0.592. The molecule has 1 aliphatic heterocycles. The number of allylic oxidation sites excluding steroid dienone is 1.